The summed E-state index contributed by atoms with van der Waals surface area (Å²) in [5.41, 5.74) is 6.10. The van der Waals surface area contributed by atoms with Crippen molar-refractivity contribution in [2.75, 3.05) is 13.2 Å². The molecule has 1 atom stereocenters. The molecular weight excluding hydrogens is 254 g/mol. The number of hydrogen-bond donors (Lipinski definition) is 2. The largest absolute Gasteiger partial charge is 0.492 e. The van der Waals surface area contributed by atoms with Crippen LogP contribution < -0.4 is 10.5 Å². The molecule has 5 heteroatoms. The molecule has 98 valence electrons. The maximum Gasteiger partial charge on any atom is 0.312 e. The second-order valence-electron chi connectivity index (χ2n) is 4.57. The van der Waals surface area contributed by atoms with E-state index < -0.39 is 11.9 Å². The van der Waals surface area contributed by atoms with Gasteiger partial charge in [-0.3, -0.25) is 4.79 Å². The van der Waals surface area contributed by atoms with Gasteiger partial charge in [-0.1, -0.05) is 17.7 Å². The molecule has 1 unspecified atom stereocenters. The van der Waals surface area contributed by atoms with Gasteiger partial charge >= 0.3 is 5.97 Å². The molecule has 1 aromatic rings. The maximum absolute atomic E-state index is 11.0. The Hall–Kier alpha value is -1.26. The van der Waals surface area contributed by atoms with Gasteiger partial charge in [-0.25, -0.2) is 0 Å². The molecular formula is C13H16ClNO3. The normalized spacial score (nSPS) is 16.3. The summed E-state index contributed by atoms with van der Waals surface area (Å²) in [4.78, 5) is 11.0. The number of carboxylic acids is 1. The third kappa shape index (κ3) is 3.15. The van der Waals surface area contributed by atoms with Crippen LogP contribution in [-0.4, -0.2) is 24.2 Å². The molecule has 1 aliphatic carbocycles. The average Bonchev–Trinajstić information content (AvgIpc) is 3.14. The SMILES string of the molecule is NCC(C(=O)O)c1ccc(Cl)c(OCC2CC2)c1. The number of rotatable bonds is 6. The van der Waals surface area contributed by atoms with E-state index in [1.807, 2.05) is 0 Å². The van der Waals surface area contributed by atoms with E-state index in [-0.39, 0.29) is 6.54 Å². The molecule has 1 fully saturated rings. The minimum atomic E-state index is -0.937. The standard InChI is InChI=1S/C13H16ClNO3/c14-11-4-3-9(10(6-15)13(16)17)5-12(11)18-7-8-1-2-8/h3-5,8,10H,1-2,6-7,15H2,(H,16,17). The van der Waals surface area contributed by atoms with Crippen LogP contribution in [0, 0.1) is 5.92 Å². The third-order valence-electron chi connectivity index (χ3n) is 3.06. The summed E-state index contributed by atoms with van der Waals surface area (Å²) in [6.45, 7) is 0.697. The van der Waals surface area contributed by atoms with Gasteiger partial charge in [0.2, 0.25) is 0 Å². The first-order chi connectivity index (χ1) is 8.61. The minimum absolute atomic E-state index is 0.0546. The van der Waals surface area contributed by atoms with Crippen LogP contribution in [0.1, 0.15) is 24.3 Å². The van der Waals surface area contributed by atoms with Gasteiger partial charge < -0.3 is 15.6 Å². The van der Waals surface area contributed by atoms with Gasteiger partial charge in [-0.2, -0.15) is 0 Å². The number of hydrogen-bond acceptors (Lipinski definition) is 3. The Morgan fingerprint density at radius 3 is 2.83 bits per heavy atom. The monoisotopic (exact) mass is 269 g/mol. The van der Waals surface area contributed by atoms with Crippen LogP contribution in [0.3, 0.4) is 0 Å². The number of carbonyl (C=O) groups is 1. The second-order valence-corrected chi connectivity index (χ2v) is 4.98. The molecule has 0 radical (unpaired) electrons. The predicted octanol–water partition coefficient (Wildman–Crippen LogP) is 2.26. The van der Waals surface area contributed by atoms with Gasteiger partial charge in [0, 0.05) is 6.54 Å². The molecule has 0 spiro atoms. The summed E-state index contributed by atoms with van der Waals surface area (Å²) < 4.78 is 5.61. The fourth-order valence-electron chi connectivity index (χ4n) is 1.72. The van der Waals surface area contributed by atoms with Crippen LogP contribution in [0.15, 0.2) is 18.2 Å². The van der Waals surface area contributed by atoms with Crippen LogP contribution in [0.25, 0.3) is 0 Å². The van der Waals surface area contributed by atoms with Gasteiger partial charge in [-0.15, -0.1) is 0 Å². The van der Waals surface area contributed by atoms with Gasteiger partial charge in [0.1, 0.15) is 5.75 Å². The van der Waals surface area contributed by atoms with Crippen molar-refractivity contribution in [3.63, 3.8) is 0 Å². The van der Waals surface area contributed by atoms with Crippen molar-refractivity contribution in [2.24, 2.45) is 11.7 Å². The van der Waals surface area contributed by atoms with Crippen molar-refractivity contribution >= 4 is 17.6 Å². The number of nitrogens with two attached hydrogens (primary N) is 1. The highest BCUT2D eigenvalue weighted by molar-refractivity contribution is 6.32. The Kier molecular flexibility index (Phi) is 4.09. The van der Waals surface area contributed by atoms with Crippen molar-refractivity contribution in [1.82, 2.24) is 0 Å². The van der Waals surface area contributed by atoms with Gasteiger partial charge in [0.25, 0.3) is 0 Å². The number of aliphatic carboxylic acids is 1. The van der Waals surface area contributed by atoms with Gasteiger partial charge in [-0.05, 0) is 36.5 Å². The van der Waals surface area contributed by atoms with Crippen molar-refractivity contribution in [1.29, 1.82) is 0 Å². The molecule has 3 N–H and O–H groups in total. The Morgan fingerprint density at radius 1 is 1.56 bits per heavy atom. The fourth-order valence-corrected chi connectivity index (χ4v) is 1.89. The molecule has 1 saturated carbocycles. The predicted molar refractivity (Wildman–Crippen MR) is 69.1 cm³/mol. The second kappa shape index (κ2) is 5.59. The van der Waals surface area contributed by atoms with Crippen LogP contribution in [0.5, 0.6) is 5.75 Å². The zero-order valence-electron chi connectivity index (χ0n) is 9.93. The lowest BCUT2D eigenvalue weighted by atomic mass is 9.99. The van der Waals surface area contributed by atoms with Crippen molar-refractivity contribution in [3.05, 3.63) is 28.8 Å². The lowest BCUT2D eigenvalue weighted by Gasteiger charge is -2.13. The maximum atomic E-state index is 11.0. The van der Waals surface area contributed by atoms with Gasteiger partial charge in [0.15, 0.2) is 0 Å². The molecule has 0 saturated heterocycles. The molecule has 18 heavy (non-hydrogen) atoms. The summed E-state index contributed by atoms with van der Waals surface area (Å²) in [6.07, 6.45) is 2.38. The number of benzene rings is 1. The molecule has 0 aliphatic heterocycles. The first kappa shape index (κ1) is 13.2. The first-order valence-electron chi connectivity index (χ1n) is 5.97. The molecule has 0 amide bonds. The van der Waals surface area contributed by atoms with E-state index in [0.29, 0.717) is 28.9 Å². The minimum Gasteiger partial charge on any atom is -0.492 e. The van der Waals surface area contributed by atoms with E-state index in [4.69, 9.17) is 27.2 Å². The summed E-state index contributed by atoms with van der Waals surface area (Å²) in [5, 5.41) is 9.56. The highest BCUT2D eigenvalue weighted by Gasteiger charge is 2.23. The lowest BCUT2D eigenvalue weighted by molar-refractivity contribution is -0.138. The number of ether oxygens (including phenoxy) is 1. The molecule has 1 aromatic carbocycles. The zero-order chi connectivity index (χ0) is 13.1. The molecule has 0 bridgehead atoms. The smallest absolute Gasteiger partial charge is 0.312 e. The van der Waals surface area contributed by atoms with Crippen LogP contribution in [-0.2, 0) is 4.79 Å². The summed E-state index contributed by atoms with van der Waals surface area (Å²) >= 11 is 6.02. The lowest BCUT2D eigenvalue weighted by Crippen LogP contribution is -2.21. The summed E-state index contributed by atoms with van der Waals surface area (Å²) in [5.74, 6) is -0.492. The van der Waals surface area contributed by atoms with E-state index in [0.717, 1.165) is 0 Å². The molecule has 1 aliphatic rings. The zero-order valence-corrected chi connectivity index (χ0v) is 10.7. The van der Waals surface area contributed by atoms with Crippen LogP contribution >= 0.6 is 11.6 Å². The highest BCUT2D eigenvalue weighted by Crippen LogP contribution is 2.33. The fraction of sp³-hybridized carbons (Fsp3) is 0.462. The Bertz CT molecular complexity index is 446. The third-order valence-corrected chi connectivity index (χ3v) is 3.38. The van der Waals surface area contributed by atoms with Crippen molar-refractivity contribution < 1.29 is 14.6 Å². The molecule has 0 aromatic heterocycles. The van der Waals surface area contributed by atoms with E-state index >= 15 is 0 Å². The number of halogens is 1. The van der Waals surface area contributed by atoms with Gasteiger partial charge in [0.05, 0.1) is 17.5 Å². The first-order valence-corrected chi connectivity index (χ1v) is 6.34. The quantitative estimate of drug-likeness (QED) is 0.831. The van der Waals surface area contributed by atoms with Crippen LogP contribution in [0.4, 0.5) is 0 Å². The Balaban J connectivity index is 2.15. The molecule has 0 heterocycles. The average molecular weight is 270 g/mol. The Morgan fingerprint density at radius 2 is 2.28 bits per heavy atom. The van der Waals surface area contributed by atoms with Crippen LogP contribution in [0.2, 0.25) is 5.02 Å². The molecule has 4 nitrogen and oxygen atoms in total. The summed E-state index contributed by atoms with van der Waals surface area (Å²) in [7, 11) is 0. The van der Waals surface area contributed by atoms with E-state index in [9.17, 15) is 4.79 Å². The van der Waals surface area contributed by atoms with E-state index in [1.165, 1.54) is 12.8 Å². The highest BCUT2D eigenvalue weighted by atomic mass is 35.5. The van der Waals surface area contributed by atoms with Crippen molar-refractivity contribution in [2.45, 2.75) is 18.8 Å². The van der Waals surface area contributed by atoms with E-state index in [2.05, 4.69) is 0 Å². The van der Waals surface area contributed by atoms with E-state index in [1.54, 1.807) is 18.2 Å². The summed E-state index contributed by atoms with van der Waals surface area (Å²) in [6, 6.07) is 5.01. The molecule has 2 rings (SSSR count). The van der Waals surface area contributed by atoms with Crippen molar-refractivity contribution in [3.8, 4) is 5.75 Å². The number of carboxylic acid groups (broad SMARTS) is 1. The Labute approximate surface area is 111 Å². The topological polar surface area (TPSA) is 72.6 Å².